The SMILES string of the molecule is O=S(=O)(C=Cc1ccc2[nH]ccc2c1)Oc1ccccc1. The van der Waals surface area contributed by atoms with Crippen LogP contribution >= 0.6 is 0 Å². The summed E-state index contributed by atoms with van der Waals surface area (Å²) in [5.74, 6) is 0.295. The van der Waals surface area contributed by atoms with Gasteiger partial charge in [0, 0.05) is 11.7 Å². The second-order valence-corrected chi connectivity index (χ2v) is 5.94. The second kappa shape index (κ2) is 5.46. The average Bonchev–Trinajstić information content (AvgIpc) is 2.93. The predicted octanol–water partition coefficient (Wildman–Crippen LogP) is 3.55. The highest BCUT2D eigenvalue weighted by Gasteiger charge is 2.07. The van der Waals surface area contributed by atoms with Crippen LogP contribution in [0.2, 0.25) is 0 Å². The Morgan fingerprint density at radius 2 is 1.81 bits per heavy atom. The summed E-state index contributed by atoms with van der Waals surface area (Å²) in [6.45, 7) is 0. The number of nitrogens with one attached hydrogen (secondary N) is 1. The zero-order valence-electron chi connectivity index (χ0n) is 11.1. The van der Waals surface area contributed by atoms with E-state index >= 15 is 0 Å². The molecule has 106 valence electrons. The van der Waals surface area contributed by atoms with Crippen LogP contribution in [0.25, 0.3) is 17.0 Å². The number of aromatic amines is 1. The molecule has 0 aliphatic rings. The molecule has 0 fully saturated rings. The molecular weight excluding hydrogens is 286 g/mol. The minimum Gasteiger partial charge on any atom is -0.379 e. The molecule has 0 atom stereocenters. The van der Waals surface area contributed by atoms with Gasteiger partial charge in [-0.15, -0.1) is 0 Å². The molecule has 0 bridgehead atoms. The molecule has 0 spiro atoms. The molecule has 21 heavy (non-hydrogen) atoms. The highest BCUT2D eigenvalue weighted by atomic mass is 32.2. The van der Waals surface area contributed by atoms with E-state index in [0.717, 1.165) is 21.9 Å². The summed E-state index contributed by atoms with van der Waals surface area (Å²) in [5, 5.41) is 2.09. The predicted molar refractivity (Wildman–Crippen MR) is 83.3 cm³/mol. The van der Waals surface area contributed by atoms with Gasteiger partial charge in [-0.2, -0.15) is 8.42 Å². The van der Waals surface area contributed by atoms with Gasteiger partial charge in [0.2, 0.25) is 0 Å². The fourth-order valence-electron chi connectivity index (χ4n) is 1.98. The third-order valence-electron chi connectivity index (χ3n) is 2.96. The van der Waals surface area contributed by atoms with Crippen molar-refractivity contribution < 1.29 is 12.6 Å². The molecule has 0 amide bonds. The summed E-state index contributed by atoms with van der Waals surface area (Å²) in [5.41, 5.74) is 1.80. The summed E-state index contributed by atoms with van der Waals surface area (Å²) in [7, 11) is -3.76. The highest BCUT2D eigenvalue weighted by Crippen LogP contribution is 2.17. The first-order valence-corrected chi connectivity index (χ1v) is 7.84. The summed E-state index contributed by atoms with van der Waals surface area (Å²) < 4.78 is 28.7. The van der Waals surface area contributed by atoms with Crippen LogP contribution in [0.15, 0.2) is 66.2 Å². The molecule has 0 saturated heterocycles. The fourth-order valence-corrected chi connectivity index (χ4v) is 2.73. The largest absolute Gasteiger partial charge is 0.379 e. The zero-order valence-corrected chi connectivity index (χ0v) is 11.9. The van der Waals surface area contributed by atoms with Gasteiger partial charge in [-0.25, -0.2) is 0 Å². The standard InChI is InChI=1S/C16H13NO3S/c18-21(19,20-15-4-2-1-3-5-15)11-9-13-6-7-16-14(12-13)8-10-17-16/h1-12,17H. The monoisotopic (exact) mass is 299 g/mol. The molecule has 0 aliphatic heterocycles. The van der Waals surface area contributed by atoms with Crippen molar-refractivity contribution in [3.63, 3.8) is 0 Å². The Kier molecular flexibility index (Phi) is 3.50. The Morgan fingerprint density at radius 1 is 1.00 bits per heavy atom. The van der Waals surface area contributed by atoms with Gasteiger partial charge in [0.15, 0.2) is 0 Å². The molecule has 4 nitrogen and oxygen atoms in total. The Labute approximate surface area is 122 Å². The van der Waals surface area contributed by atoms with E-state index in [-0.39, 0.29) is 0 Å². The van der Waals surface area contributed by atoms with Crippen LogP contribution in [-0.4, -0.2) is 13.4 Å². The van der Waals surface area contributed by atoms with Crippen molar-refractivity contribution in [2.45, 2.75) is 0 Å². The van der Waals surface area contributed by atoms with Crippen LogP contribution in [-0.2, 0) is 10.1 Å². The number of H-pyrrole nitrogens is 1. The fraction of sp³-hybridized carbons (Fsp3) is 0. The highest BCUT2D eigenvalue weighted by molar-refractivity contribution is 7.90. The minimum absolute atomic E-state index is 0.295. The van der Waals surface area contributed by atoms with E-state index in [1.54, 1.807) is 30.3 Å². The van der Waals surface area contributed by atoms with Gasteiger partial charge in [0.25, 0.3) is 0 Å². The zero-order chi connectivity index (χ0) is 14.7. The van der Waals surface area contributed by atoms with Crippen LogP contribution in [0.4, 0.5) is 0 Å². The Balaban J connectivity index is 1.80. The van der Waals surface area contributed by atoms with Gasteiger partial charge in [0.05, 0.1) is 5.41 Å². The maximum Gasteiger partial charge on any atom is 0.332 e. The minimum atomic E-state index is -3.76. The molecule has 1 N–H and O–H groups in total. The smallest absolute Gasteiger partial charge is 0.332 e. The molecule has 0 saturated carbocycles. The number of benzene rings is 2. The summed E-state index contributed by atoms with van der Waals surface area (Å²) in [6.07, 6.45) is 3.36. The number of aromatic nitrogens is 1. The lowest BCUT2D eigenvalue weighted by Gasteiger charge is -2.02. The van der Waals surface area contributed by atoms with Gasteiger partial charge < -0.3 is 9.17 Å². The normalized spacial score (nSPS) is 12.0. The van der Waals surface area contributed by atoms with E-state index in [2.05, 4.69) is 4.98 Å². The molecule has 0 radical (unpaired) electrons. The molecule has 1 aromatic heterocycles. The number of hydrogen-bond acceptors (Lipinski definition) is 3. The van der Waals surface area contributed by atoms with Crippen LogP contribution in [0.5, 0.6) is 5.75 Å². The van der Waals surface area contributed by atoms with Crippen molar-refractivity contribution >= 4 is 27.1 Å². The molecule has 0 unspecified atom stereocenters. The lowest BCUT2D eigenvalue weighted by molar-refractivity contribution is 0.497. The maximum absolute atomic E-state index is 11.9. The van der Waals surface area contributed by atoms with E-state index in [1.165, 1.54) is 6.08 Å². The number of fused-ring (bicyclic) bond motifs is 1. The molecule has 2 aromatic carbocycles. The van der Waals surface area contributed by atoms with Gasteiger partial charge in [0.1, 0.15) is 5.75 Å². The van der Waals surface area contributed by atoms with Crippen LogP contribution < -0.4 is 4.18 Å². The van der Waals surface area contributed by atoms with Crippen molar-refractivity contribution in [2.24, 2.45) is 0 Å². The van der Waals surface area contributed by atoms with Crippen molar-refractivity contribution in [1.82, 2.24) is 4.98 Å². The summed E-state index contributed by atoms with van der Waals surface area (Å²) in [6, 6.07) is 16.0. The Bertz CT molecular complexity index is 880. The molecule has 3 aromatic rings. The van der Waals surface area contributed by atoms with Crippen molar-refractivity contribution in [3.05, 3.63) is 71.8 Å². The van der Waals surface area contributed by atoms with E-state index in [9.17, 15) is 8.42 Å². The van der Waals surface area contributed by atoms with Crippen molar-refractivity contribution in [1.29, 1.82) is 0 Å². The Hall–Kier alpha value is -2.53. The first-order chi connectivity index (χ1) is 10.1. The lowest BCUT2D eigenvalue weighted by Crippen LogP contribution is -2.04. The van der Waals surface area contributed by atoms with Crippen LogP contribution in [0, 0.1) is 0 Å². The van der Waals surface area contributed by atoms with Crippen LogP contribution in [0.3, 0.4) is 0 Å². The number of rotatable bonds is 4. The number of para-hydroxylation sites is 1. The maximum atomic E-state index is 11.9. The van der Waals surface area contributed by atoms with Gasteiger partial charge in [-0.1, -0.05) is 24.3 Å². The second-order valence-electron chi connectivity index (χ2n) is 4.52. The first kappa shape index (κ1) is 13.5. The Morgan fingerprint density at radius 3 is 2.62 bits per heavy atom. The topological polar surface area (TPSA) is 59.2 Å². The van der Waals surface area contributed by atoms with E-state index < -0.39 is 10.1 Å². The molecule has 5 heteroatoms. The van der Waals surface area contributed by atoms with Gasteiger partial charge >= 0.3 is 10.1 Å². The average molecular weight is 299 g/mol. The van der Waals surface area contributed by atoms with Gasteiger partial charge in [-0.05, 0) is 47.4 Å². The molecule has 3 rings (SSSR count). The lowest BCUT2D eigenvalue weighted by atomic mass is 10.1. The molecule has 1 heterocycles. The third-order valence-corrected chi connectivity index (χ3v) is 3.85. The molecular formula is C16H13NO3S. The summed E-state index contributed by atoms with van der Waals surface area (Å²) in [4.78, 5) is 3.08. The van der Waals surface area contributed by atoms with E-state index in [0.29, 0.717) is 5.75 Å². The van der Waals surface area contributed by atoms with Crippen molar-refractivity contribution in [3.8, 4) is 5.75 Å². The van der Waals surface area contributed by atoms with Crippen molar-refractivity contribution in [2.75, 3.05) is 0 Å². The summed E-state index contributed by atoms with van der Waals surface area (Å²) >= 11 is 0. The van der Waals surface area contributed by atoms with Crippen LogP contribution in [0.1, 0.15) is 5.56 Å². The van der Waals surface area contributed by atoms with E-state index in [4.69, 9.17) is 4.18 Å². The third kappa shape index (κ3) is 3.32. The molecule has 0 aliphatic carbocycles. The van der Waals surface area contributed by atoms with E-state index in [1.807, 2.05) is 30.5 Å². The quantitative estimate of drug-likeness (QED) is 0.749. The number of hydrogen-bond donors (Lipinski definition) is 1. The van der Waals surface area contributed by atoms with Gasteiger partial charge in [-0.3, -0.25) is 0 Å². The first-order valence-electron chi connectivity index (χ1n) is 6.37.